The largest absolute Gasteiger partial charge is 0.381 e. The summed E-state index contributed by atoms with van der Waals surface area (Å²) in [5.74, 6) is 5.63. The molecule has 0 amide bonds. The van der Waals surface area contributed by atoms with Crippen molar-refractivity contribution in [1.29, 1.82) is 0 Å². The number of hydrogen-bond donors (Lipinski definition) is 1. The first-order valence-corrected chi connectivity index (χ1v) is 6.08. The molecular weight excluding hydrogens is 244 g/mol. The SMILES string of the molecule is CC(O)C#Cc1ccc(-c2ccc(Cl)cc2)cc1. The third-order valence-corrected chi connectivity index (χ3v) is 2.74. The van der Waals surface area contributed by atoms with Gasteiger partial charge in [-0.2, -0.15) is 0 Å². The Morgan fingerprint density at radius 2 is 1.44 bits per heavy atom. The molecule has 90 valence electrons. The molecule has 0 aliphatic heterocycles. The molecule has 0 fully saturated rings. The summed E-state index contributed by atoms with van der Waals surface area (Å²) in [5.41, 5.74) is 3.14. The molecule has 1 N–H and O–H groups in total. The van der Waals surface area contributed by atoms with Gasteiger partial charge in [0.15, 0.2) is 0 Å². The zero-order valence-corrected chi connectivity index (χ0v) is 10.8. The fourth-order valence-electron chi connectivity index (χ4n) is 1.58. The van der Waals surface area contributed by atoms with Gasteiger partial charge in [0.05, 0.1) is 0 Å². The summed E-state index contributed by atoms with van der Waals surface area (Å²) < 4.78 is 0. The highest BCUT2D eigenvalue weighted by Gasteiger charge is 1.97. The zero-order valence-electron chi connectivity index (χ0n) is 10.0. The predicted octanol–water partition coefficient (Wildman–Crippen LogP) is 3.74. The molecule has 2 aromatic carbocycles. The Morgan fingerprint density at radius 1 is 0.944 bits per heavy atom. The summed E-state index contributed by atoms with van der Waals surface area (Å²) in [5, 5.41) is 9.82. The summed E-state index contributed by atoms with van der Waals surface area (Å²) in [7, 11) is 0. The van der Waals surface area contributed by atoms with Crippen LogP contribution >= 0.6 is 11.6 Å². The van der Waals surface area contributed by atoms with Crippen LogP contribution in [0, 0.1) is 11.8 Å². The zero-order chi connectivity index (χ0) is 13.0. The van der Waals surface area contributed by atoms with Crippen molar-refractivity contribution in [2.24, 2.45) is 0 Å². The third kappa shape index (κ3) is 3.37. The van der Waals surface area contributed by atoms with Crippen molar-refractivity contribution in [3.8, 4) is 23.0 Å². The minimum atomic E-state index is -0.596. The van der Waals surface area contributed by atoms with Crippen LogP contribution in [-0.2, 0) is 0 Å². The van der Waals surface area contributed by atoms with E-state index in [2.05, 4.69) is 11.8 Å². The lowest BCUT2D eigenvalue weighted by Gasteiger charge is -2.01. The van der Waals surface area contributed by atoms with Crippen LogP contribution in [0.25, 0.3) is 11.1 Å². The van der Waals surface area contributed by atoms with E-state index in [-0.39, 0.29) is 0 Å². The van der Waals surface area contributed by atoms with Crippen LogP contribution in [0.5, 0.6) is 0 Å². The van der Waals surface area contributed by atoms with Gasteiger partial charge < -0.3 is 5.11 Å². The standard InChI is InChI=1S/C16H13ClO/c1-12(18)2-3-13-4-6-14(7-5-13)15-8-10-16(17)11-9-15/h4-12,18H,1H3. The molecule has 0 aliphatic carbocycles. The molecular formula is C16H13ClO. The van der Waals surface area contributed by atoms with E-state index < -0.39 is 6.10 Å². The average Bonchev–Trinajstić information content (AvgIpc) is 2.38. The smallest absolute Gasteiger partial charge is 0.112 e. The highest BCUT2D eigenvalue weighted by atomic mass is 35.5. The number of benzene rings is 2. The molecule has 0 aromatic heterocycles. The molecule has 1 nitrogen and oxygen atoms in total. The molecule has 18 heavy (non-hydrogen) atoms. The molecule has 1 atom stereocenters. The van der Waals surface area contributed by atoms with Crippen molar-refractivity contribution < 1.29 is 5.11 Å². The Hall–Kier alpha value is -1.75. The Labute approximate surface area is 112 Å². The van der Waals surface area contributed by atoms with Gasteiger partial charge in [-0.25, -0.2) is 0 Å². The van der Waals surface area contributed by atoms with Gasteiger partial charge in [0, 0.05) is 10.6 Å². The van der Waals surface area contributed by atoms with Crippen molar-refractivity contribution in [1.82, 2.24) is 0 Å². The van der Waals surface area contributed by atoms with E-state index in [0.29, 0.717) is 0 Å². The first kappa shape index (κ1) is 12.7. The van der Waals surface area contributed by atoms with Gasteiger partial charge in [-0.1, -0.05) is 47.7 Å². The summed E-state index contributed by atoms with van der Waals surface area (Å²) in [6, 6.07) is 15.6. The van der Waals surface area contributed by atoms with Crippen LogP contribution in [0.15, 0.2) is 48.5 Å². The van der Waals surface area contributed by atoms with E-state index in [1.54, 1.807) is 6.92 Å². The summed E-state index contributed by atoms with van der Waals surface area (Å²) in [6.45, 7) is 1.65. The lowest BCUT2D eigenvalue weighted by Crippen LogP contribution is -1.92. The summed E-state index contributed by atoms with van der Waals surface area (Å²) >= 11 is 5.85. The lowest BCUT2D eigenvalue weighted by molar-refractivity contribution is 0.253. The molecule has 1 unspecified atom stereocenters. The minimum Gasteiger partial charge on any atom is -0.381 e. The van der Waals surface area contributed by atoms with Crippen molar-refractivity contribution in [2.75, 3.05) is 0 Å². The molecule has 0 heterocycles. The van der Waals surface area contributed by atoms with Crippen molar-refractivity contribution in [3.63, 3.8) is 0 Å². The molecule has 0 aliphatic rings. The quantitative estimate of drug-likeness (QED) is 0.771. The molecule has 2 rings (SSSR count). The Kier molecular flexibility index (Phi) is 4.04. The summed E-state index contributed by atoms with van der Waals surface area (Å²) in [6.07, 6.45) is -0.596. The second-order valence-electron chi connectivity index (χ2n) is 4.03. The van der Waals surface area contributed by atoms with Crippen LogP contribution in [0.1, 0.15) is 12.5 Å². The first-order valence-electron chi connectivity index (χ1n) is 5.71. The topological polar surface area (TPSA) is 20.2 Å². The highest BCUT2D eigenvalue weighted by molar-refractivity contribution is 6.30. The Balaban J connectivity index is 2.23. The second kappa shape index (κ2) is 5.73. The number of halogens is 1. The van der Waals surface area contributed by atoms with Crippen molar-refractivity contribution in [2.45, 2.75) is 13.0 Å². The molecule has 2 heteroatoms. The van der Waals surface area contributed by atoms with Crippen LogP contribution in [-0.4, -0.2) is 11.2 Å². The third-order valence-electron chi connectivity index (χ3n) is 2.49. The molecule has 0 saturated carbocycles. The maximum atomic E-state index is 9.09. The van der Waals surface area contributed by atoms with Crippen LogP contribution < -0.4 is 0 Å². The van der Waals surface area contributed by atoms with E-state index in [9.17, 15) is 0 Å². The molecule has 0 spiro atoms. The van der Waals surface area contributed by atoms with Crippen molar-refractivity contribution in [3.05, 3.63) is 59.1 Å². The van der Waals surface area contributed by atoms with Crippen LogP contribution in [0.2, 0.25) is 5.02 Å². The van der Waals surface area contributed by atoms with Crippen LogP contribution in [0.4, 0.5) is 0 Å². The lowest BCUT2D eigenvalue weighted by atomic mass is 10.0. The summed E-state index contributed by atoms with van der Waals surface area (Å²) in [4.78, 5) is 0. The first-order chi connectivity index (χ1) is 8.65. The van der Waals surface area contributed by atoms with Gasteiger partial charge >= 0.3 is 0 Å². The van der Waals surface area contributed by atoms with E-state index in [1.165, 1.54) is 0 Å². The normalized spacial score (nSPS) is 11.5. The number of hydrogen-bond acceptors (Lipinski definition) is 1. The van der Waals surface area contributed by atoms with Gasteiger partial charge in [0.25, 0.3) is 0 Å². The van der Waals surface area contributed by atoms with Gasteiger partial charge in [0.2, 0.25) is 0 Å². The number of rotatable bonds is 1. The van der Waals surface area contributed by atoms with E-state index >= 15 is 0 Å². The van der Waals surface area contributed by atoms with E-state index in [1.807, 2.05) is 48.5 Å². The van der Waals surface area contributed by atoms with Gasteiger partial charge in [-0.3, -0.25) is 0 Å². The highest BCUT2D eigenvalue weighted by Crippen LogP contribution is 2.21. The van der Waals surface area contributed by atoms with Crippen molar-refractivity contribution >= 4 is 11.6 Å². The monoisotopic (exact) mass is 256 g/mol. The Morgan fingerprint density at radius 3 is 1.94 bits per heavy atom. The molecule has 0 bridgehead atoms. The van der Waals surface area contributed by atoms with Gasteiger partial charge in [0.1, 0.15) is 6.10 Å². The maximum Gasteiger partial charge on any atom is 0.112 e. The minimum absolute atomic E-state index is 0.596. The number of aliphatic hydroxyl groups is 1. The fraction of sp³-hybridized carbons (Fsp3) is 0.125. The molecule has 0 radical (unpaired) electrons. The van der Waals surface area contributed by atoms with Gasteiger partial charge in [-0.05, 0) is 42.3 Å². The Bertz CT molecular complexity index is 571. The molecule has 0 saturated heterocycles. The molecule has 2 aromatic rings. The maximum absolute atomic E-state index is 9.09. The average molecular weight is 257 g/mol. The van der Waals surface area contributed by atoms with E-state index in [0.717, 1.165) is 21.7 Å². The number of aliphatic hydroxyl groups excluding tert-OH is 1. The van der Waals surface area contributed by atoms with Gasteiger partial charge in [-0.15, -0.1) is 0 Å². The van der Waals surface area contributed by atoms with E-state index in [4.69, 9.17) is 16.7 Å². The van der Waals surface area contributed by atoms with Crippen LogP contribution in [0.3, 0.4) is 0 Å². The second-order valence-corrected chi connectivity index (χ2v) is 4.47. The fourth-order valence-corrected chi connectivity index (χ4v) is 1.70. The predicted molar refractivity (Wildman–Crippen MR) is 75.4 cm³/mol.